The highest BCUT2D eigenvalue weighted by Gasteiger charge is 2.04. The van der Waals surface area contributed by atoms with Gasteiger partial charge in [-0.1, -0.05) is 12.1 Å². The lowest BCUT2D eigenvalue weighted by Crippen LogP contribution is -2.01. The van der Waals surface area contributed by atoms with Gasteiger partial charge in [0.25, 0.3) is 0 Å². The Morgan fingerprint density at radius 3 is 2.95 bits per heavy atom. The van der Waals surface area contributed by atoms with E-state index in [1.165, 1.54) is 24.0 Å². The molecule has 0 atom stereocenters. The first-order valence-corrected chi connectivity index (χ1v) is 7.15. The average molecular weight is 289 g/mol. The highest BCUT2D eigenvalue weighted by atomic mass is 32.2. The monoisotopic (exact) mass is 289 g/mol. The third-order valence-corrected chi connectivity index (χ3v) is 3.46. The van der Waals surface area contributed by atoms with Gasteiger partial charge in [-0.05, 0) is 36.8 Å². The fourth-order valence-corrected chi connectivity index (χ4v) is 2.35. The van der Waals surface area contributed by atoms with Crippen LogP contribution in [0.1, 0.15) is 15.9 Å². The lowest BCUT2D eigenvalue weighted by Gasteiger charge is -2.06. The van der Waals surface area contributed by atoms with Crippen LogP contribution in [0.5, 0.6) is 5.75 Å². The standard InChI is InChI=1S/C15H15NO3S/c1-11-3-2-4-13(9-11)19-7-8-20-14-10-12(15(17)18)5-6-16-14/h2-6,9-10H,7-8H2,1H3,(H,17,18). The van der Waals surface area contributed by atoms with Crippen LogP contribution in [-0.4, -0.2) is 28.4 Å². The molecule has 1 aromatic heterocycles. The molecule has 4 nitrogen and oxygen atoms in total. The SMILES string of the molecule is Cc1cccc(OCCSc2cc(C(=O)O)ccn2)c1. The topological polar surface area (TPSA) is 59.4 Å². The van der Waals surface area contributed by atoms with Crippen LogP contribution in [0.2, 0.25) is 0 Å². The summed E-state index contributed by atoms with van der Waals surface area (Å²) >= 11 is 1.48. The Balaban J connectivity index is 1.81. The smallest absolute Gasteiger partial charge is 0.335 e. The van der Waals surface area contributed by atoms with Crippen LogP contribution in [0.15, 0.2) is 47.6 Å². The Hall–Kier alpha value is -2.01. The molecule has 0 saturated carbocycles. The largest absolute Gasteiger partial charge is 0.493 e. The lowest BCUT2D eigenvalue weighted by molar-refractivity contribution is 0.0696. The van der Waals surface area contributed by atoms with E-state index >= 15 is 0 Å². The molecule has 0 aliphatic carbocycles. The maximum absolute atomic E-state index is 10.8. The molecule has 1 heterocycles. The minimum atomic E-state index is -0.940. The molecule has 20 heavy (non-hydrogen) atoms. The molecule has 0 aliphatic rings. The summed E-state index contributed by atoms with van der Waals surface area (Å²) in [6, 6.07) is 10.9. The number of ether oxygens (including phenoxy) is 1. The normalized spacial score (nSPS) is 10.2. The van der Waals surface area contributed by atoms with Crippen LogP contribution in [0, 0.1) is 6.92 Å². The highest BCUT2D eigenvalue weighted by Crippen LogP contribution is 2.17. The van der Waals surface area contributed by atoms with Gasteiger partial charge in [0.05, 0.1) is 17.2 Å². The summed E-state index contributed by atoms with van der Waals surface area (Å²) in [6.07, 6.45) is 1.51. The Morgan fingerprint density at radius 2 is 2.20 bits per heavy atom. The van der Waals surface area contributed by atoms with Crippen molar-refractivity contribution in [1.29, 1.82) is 0 Å². The Labute approximate surface area is 121 Å². The zero-order valence-corrected chi connectivity index (χ0v) is 11.9. The fourth-order valence-electron chi connectivity index (χ4n) is 1.63. The van der Waals surface area contributed by atoms with Gasteiger partial charge in [0.15, 0.2) is 0 Å². The van der Waals surface area contributed by atoms with Gasteiger partial charge in [0.1, 0.15) is 5.75 Å². The van der Waals surface area contributed by atoms with Crippen molar-refractivity contribution in [3.8, 4) is 5.75 Å². The van der Waals surface area contributed by atoms with Crippen LogP contribution in [0.25, 0.3) is 0 Å². The first-order chi connectivity index (χ1) is 9.65. The van der Waals surface area contributed by atoms with E-state index in [4.69, 9.17) is 9.84 Å². The highest BCUT2D eigenvalue weighted by molar-refractivity contribution is 7.99. The fraction of sp³-hybridized carbons (Fsp3) is 0.200. The molecule has 0 radical (unpaired) electrons. The second kappa shape index (κ2) is 6.96. The van der Waals surface area contributed by atoms with E-state index in [0.29, 0.717) is 17.4 Å². The van der Waals surface area contributed by atoms with E-state index in [1.54, 1.807) is 6.07 Å². The maximum atomic E-state index is 10.8. The number of benzene rings is 1. The molecule has 0 unspecified atom stereocenters. The van der Waals surface area contributed by atoms with Crippen molar-refractivity contribution in [3.63, 3.8) is 0 Å². The van der Waals surface area contributed by atoms with Crippen LogP contribution in [-0.2, 0) is 0 Å². The number of hydrogen-bond donors (Lipinski definition) is 1. The van der Waals surface area contributed by atoms with Crippen LogP contribution in [0.4, 0.5) is 0 Å². The zero-order chi connectivity index (χ0) is 14.4. The summed E-state index contributed by atoms with van der Waals surface area (Å²) < 4.78 is 5.62. The number of aryl methyl sites for hydroxylation is 1. The van der Waals surface area contributed by atoms with E-state index < -0.39 is 5.97 Å². The van der Waals surface area contributed by atoms with Gasteiger partial charge in [0.2, 0.25) is 0 Å². The van der Waals surface area contributed by atoms with Crippen molar-refractivity contribution in [2.75, 3.05) is 12.4 Å². The molecule has 1 N–H and O–H groups in total. The van der Waals surface area contributed by atoms with Gasteiger partial charge in [-0.2, -0.15) is 0 Å². The summed E-state index contributed by atoms with van der Waals surface area (Å²) in [6.45, 7) is 2.57. The van der Waals surface area contributed by atoms with E-state index in [0.717, 1.165) is 11.3 Å². The number of rotatable bonds is 6. The molecular weight excluding hydrogens is 274 g/mol. The number of aromatic nitrogens is 1. The van der Waals surface area contributed by atoms with Crippen molar-refractivity contribution in [3.05, 3.63) is 53.7 Å². The maximum Gasteiger partial charge on any atom is 0.335 e. The van der Waals surface area contributed by atoms with E-state index in [9.17, 15) is 4.79 Å². The lowest BCUT2D eigenvalue weighted by atomic mass is 10.2. The molecule has 0 fully saturated rings. The molecule has 2 rings (SSSR count). The van der Waals surface area contributed by atoms with Crippen molar-refractivity contribution in [1.82, 2.24) is 4.98 Å². The number of carbonyl (C=O) groups is 1. The van der Waals surface area contributed by atoms with Crippen molar-refractivity contribution >= 4 is 17.7 Å². The third kappa shape index (κ3) is 4.28. The van der Waals surface area contributed by atoms with E-state index in [2.05, 4.69) is 4.98 Å². The number of carboxylic acids is 1. The molecule has 0 bridgehead atoms. The number of nitrogens with zero attached hydrogens (tertiary/aromatic N) is 1. The summed E-state index contributed by atoms with van der Waals surface area (Å²) in [7, 11) is 0. The molecule has 0 amide bonds. The second-order valence-corrected chi connectivity index (χ2v) is 5.32. The van der Waals surface area contributed by atoms with Gasteiger partial charge in [-0.25, -0.2) is 9.78 Å². The van der Waals surface area contributed by atoms with Crippen LogP contribution < -0.4 is 4.74 Å². The molecule has 0 aliphatic heterocycles. The first-order valence-electron chi connectivity index (χ1n) is 6.17. The van der Waals surface area contributed by atoms with E-state index in [-0.39, 0.29) is 5.56 Å². The molecule has 1 aromatic carbocycles. The molecule has 0 saturated heterocycles. The molecule has 2 aromatic rings. The first kappa shape index (κ1) is 14.4. The van der Waals surface area contributed by atoms with Gasteiger partial charge in [0, 0.05) is 11.9 Å². The Kier molecular flexibility index (Phi) is 5.01. The second-order valence-electron chi connectivity index (χ2n) is 4.20. The van der Waals surface area contributed by atoms with Crippen molar-refractivity contribution < 1.29 is 14.6 Å². The van der Waals surface area contributed by atoms with Gasteiger partial charge >= 0.3 is 5.97 Å². The van der Waals surface area contributed by atoms with Crippen LogP contribution >= 0.6 is 11.8 Å². The Bertz CT molecular complexity index is 601. The molecule has 5 heteroatoms. The Morgan fingerprint density at radius 1 is 1.35 bits per heavy atom. The van der Waals surface area contributed by atoms with Gasteiger partial charge in [-0.3, -0.25) is 0 Å². The molecule has 104 valence electrons. The predicted molar refractivity (Wildman–Crippen MR) is 78.6 cm³/mol. The van der Waals surface area contributed by atoms with E-state index in [1.807, 2.05) is 31.2 Å². The van der Waals surface area contributed by atoms with Crippen molar-refractivity contribution in [2.24, 2.45) is 0 Å². The minimum Gasteiger partial charge on any atom is -0.493 e. The molecular formula is C15H15NO3S. The number of pyridine rings is 1. The average Bonchev–Trinajstić information content (AvgIpc) is 2.44. The summed E-state index contributed by atoms with van der Waals surface area (Å²) in [4.78, 5) is 15.0. The summed E-state index contributed by atoms with van der Waals surface area (Å²) in [5, 5.41) is 9.59. The quantitative estimate of drug-likeness (QED) is 0.653. The summed E-state index contributed by atoms with van der Waals surface area (Å²) in [5.41, 5.74) is 1.41. The number of aromatic carboxylic acids is 1. The van der Waals surface area contributed by atoms with Crippen LogP contribution in [0.3, 0.4) is 0 Å². The number of carboxylic acid groups (broad SMARTS) is 1. The minimum absolute atomic E-state index is 0.252. The van der Waals surface area contributed by atoms with Crippen molar-refractivity contribution in [2.45, 2.75) is 11.9 Å². The number of hydrogen-bond acceptors (Lipinski definition) is 4. The third-order valence-electron chi connectivity index (χ3n) is 2.57. The predicted octanol–water partition coefficient (Wildman–Crippen LogP) is 3.26. The van der Waals surface area contributed by atoms with Gasteiger partial charge < -0.3 is 9.84 Å². The zero-order valence-electron chi connectivity index (χ0n) is 11.1. The summed E-state index contributed by atoms with van der Waals surface area (Å²) in [5.74, 6) is 0.618. The van der Waals surface area contributed by atoms with Gasteiger partial charge in [-0.15, -0.1) is 11.8 Å². The number of thioether (sulfide) groups is 1. The molecule has 0 spiro atoms.